The van der Waals surface area contributed by atoms with Crippen LogP contribution >= 0.6 is 0 Å². The van der Waals surface area contributed by atoms with Crippen LogP contribution in [-0.4, -0.2) is 19.1 Å². The van der Waals surface area contributed by atoms with Crippen LogP contribution in [-0.2, 0) is 4.79 Å². The molecule has 0 saturated carbocycles. The molecule has 0 radical (unpaired) electrons. The topological polar surface area (TPSA) is 29.1 Å². The lowest BCUT2D eigenvalue weighted by Crippen LogP contribution is -2.15. The highest BCUT2D eigenvalue weighted by Gasteiger charge is 2.30. The van der Waals surface area contributed by atoms with E-state index in [0.29, 0.717) is 0 Å². The number of halogens is 3. The Bertz CT molecular complexity index is 290. The molecule has 2 nitrogen and oxygen atoms in total. The Hall–Kier alpha value is -1.52. The number of carbonyl (C=O) groups excluding carboxylic acids is 1. The van der Waals surface area contributed by atoms with Gasteiger partial charge in [-0.3, -0.25) is 4.79 Å². The molecule has 0 rings (SSSR count). The standard InChI is InChI=1S/C10H12F3NO/c1-3-8(10(11,12)13)6-4-5-7-9(15)14-2/h3-6H,1,7H2,2H3,(H,14,15)/b5-4-,8-6+. The molecule has 1 amide bonds. The molecule has 0 bridgehead atoms. The van der Waals surface area contributed by atoms with Crippen molar-refractivity contribution in [3.8, 4) is 0 Å². The molecule has 0 fully saturated rings. The van der Waals surface area contributed by atoms with Gasteiger partial charge in [0.15, 0.2) is 0 Å². The predicted octanol–water partition coefficient (Wildman–Crippen LogP) is 2.35. The zero-order valence-electron chi connectivity index (χ0n) is 8.27. The zero-order valence-corrected chi connectivity index (χ0v) is 8.27. The predicted molar refractivity (Wildman–Crippen MR) is 52.2 cm³/mol. The van der Waals surface area contributed by atoms with E-state index in [1.54, 1.807) is 0 Å². The van der Waals surface area contributed by atoms with Crippen molar-refractivity contribution in [2.24, 2.45) is 0 Å². The number of hydrogen-bond acceptors (Lipinski definition) is 1. The fourth-order valence-electron chi connectivity index (χ4n) is 0.727. The first-order valence-corrected chi connectivity index (χ1v) is 4.19. The molecule has 0 aromatic carbocycles. The molecular formula is C10H12F3NO. The molecular weight excluding hydrogens is 207 g/mol. The number of carbonyl (C=O) groups is 1. The second-order valence-electron chi connectivity index (χ2n) is 2.63. The Morgan fingerprint density at radius 1 is 1.47 bits per heavy atom. The van der Waals surface area contributed by atoms with Gasteiger partial charge in [-0.05, 0) is 0 Å². The van der Waals surface area contributed by atoms with Crippen LogP contribution in [0.3, 0.4) is 0 Å². The van der Waals surface area contributed by atoms with Gasteiger partial charge >= 0.3 is 6.18 Å². The van der Waals surface area contributed by atoms with Crippen LogP contribution in [0.2, 0.25) is 0 Å². The van der Waals surface area contributed by atoms with Crippen molar-refractivity contribution in [3.05, 3.63) is 36.5 Å². The molecule has 0 aliphatic rings. The first-order valence-electron chi connectivity index (χ1n) is 4.19. The van der Waals surface area contributed by atoms with Gasteiger partial charge < -0.3 is 5.32 Å². The van der Waals surface area contributed by atoms with Gasteiger partial charge in [0.2, 0.25) is 5.91 Å². The molecule has 0 heterocycles. The van der Waals surface area contributed by atoms with E-state index in [0.717, 1.165) is 12.2 Å². The SMILES string of the molecule is C=C/C(=C\C=C/CC(=O)NC)C(F)(F)F. The Labute approximate surface area is 86.2 Å². The molecule has 15 heavy (non-hydrogen) atoms. The van der Waals surface area contributed by atoms with Crippen molar-refractivity contribution in [1.29, 1.82) is 0 Å². The number of amides is 1. The Balaban J connectivity index is 4.36. The number of rotatable bonds is 4. The minimum atomic E-state index is -4.40. The highest BCUT2D eigenvalue weighted by Crippen LogP contribution is 2.25. The summed E-state index contributed by atoms with van der Waals surface area (Å²) in [7, 11) is 1.46. The van der Waals surface area contributed by atoms with Crippen LogP contribution in [0.15, 0.2) is 36.5 Å². The highest BCUT2D eigenvalue weighted by atomic mass is 19.4. The maximum atomic E-state index is 12.1. The first kappa shape index (κ1) is 13.5. The van der Waals surface area contributed by atoms with Crippen molar-refractivity contribution in [2.45, 2.75) is 12.6 Å². The number of alkyl halides is 3. The zero-order chi connectivity index (χ0) is 11.9. The molecule has 0 saturated heterocycles. The lowest BCUT2D eigenvalue weighted by Gasteiger charge is -2.04. The van der Waals surface area contributed by atoms with E-state index < -0.39 is 11.7 Å². The maximum absolute atomic E-state index is 12.1. The van der Waals surface area contributed by atoms with E-state index in [2.05, 4.69) is 11.9 Å². The largest absolute Gasteiger partial charge is 0.416 e. The van der Waals surface area contributed by atoms with E-state index >= 15 is 0 Å². The molecule has 0 aromatic rings. The van der Waals surface area contributed by atoms with Crippen molar-refractivity contribution in [2.75, 3.05) is 7.05 Å². The van der Waals surface area contributed by atoms with E-state index in [1.165, 1.54) is 19.2 Å². The van der Waals surface area contributed by atoms with Crippen molar-refractivity contribution in [1.82, 2.24) is 5.32 Å². The average molecular weight is 219 g/mol. The van der Waals surface area contributed by atoms with Crippen LogP contribution < -0.4 is 5.32 Å². The van der Waals surface area contributed by atoms with Gasteiger partial charge in [-0.25, -0.2) is 0 Å². The summed E-state index contributed by atoms with van der Waals surface area (Å²) >= 11 is 0. The summed E-state index contributed by atoms with van der Waals surface area (Å²) in [5.41, 5.74) is -0.837. The minimum Gasteiger partial charge on any atom is -0.359 e. The van der Waals surface area contributed by atoms with Gasteiger partial charge in [0.1, 0.15) is 0 Å². The Morgan fingerprint density at radius 3 is 2.47 bits per heavy atom. The maximum Gasteiger partial charge on any atom is 0.416 e. The van der Waals surface area contributed by atoms with Gasteiger partial charge in [-0.2, -0.15) is 13.2 Å². The number of allylic oxidation sites excluding steroid dienone is 4. The summed E-state index contributed by atoms with van der Waals surface area (Å²) in [6.45, 7) is 3.06. The second kappa shape index (κ2) is 6.06. The fourth-order valence-corrected chi connectivity index (χ4v) is 0.727. The molecule has 0 aliphatic heterocycles. The second-order valence-corrected chi connectivity index (χ2v) is 2.63. The smallest absolute Gasteiger partial charge is 0.359 e. The number of nitrogens with one attached hydrogen (secondary N) is 1. The van der Waals surface area contributed by atoms with Gasteiger partial charge in [0.25, 0.3) is 0 Å². The summed E-state index contributed by atoms with van der Waals surface area (Å²) < 4.78 is 36.4. The van der Waals surface area contributed by atoms with Crippen LogP contribution in [0.5, 0.6) is 0 Å². The molecule has 0 aromatic heterocycles. The summed E-state index contributed by atoms with van der Waals surface area (Å²) in [6.07, 6.45) is -0.234. The van der Waals surface area contributed by atoms with E-state index in [1.807, 2.05) is 0 Å². The normalized spacial score (nSPS) is 12.9. The van der Waals surface area contributed by atoms with Gasteiger partial charge in [-0.15, -0.1) is 0 Å². The lowest BCUT2D eigenvalue weighted by molar-refractivity contribution is -0.119. The Kier molecular flexibility index (Phi) is 5.44. The third kappa shape index (κ3) is 5.72. The average Bonchev–Trinajstić information content (AvgIpc) is 2.15. The summed E-state index contributed by atoms with van der Waals surface area (Å²) in [5.74, 6) is -0.258. The van der Waals surface area contributed by atoms with Crippen molar-refractivity contribution >= 4 is 5.91 Å². The van der Waals surface area contributed by atoms with Crippen LogP contribution in [0.25, 0.3) is 0 Å². The molecule has 0 atom stereocenters. The van der Waals surface area contributed by atoms with Crippen LogP contribution in [0, 0.1) is 0 Å². The van der Waals surface area contributed by atoms with Crippen molar-refractivity contribution in [3.63, 3.8) is 0 Å². The number of hydrogen-bond donors (Lipinski definition) is 1. The third-order valence-electron chi connectivity index (χ3n) is 1.54. The summed E-state index contributed by atoms with van der Waals surface area (Å²) in [5, 5.41) is 2.34. The van der Waals surface area contributed by atoms with E-state index in [4.69, 9.17) is 0 Å². The molecule has 1 N–H and O–H groups in total. The summed E-state index contributed by atoms with van der Waals surface area (Å²) in [4.78, 5) is 10.7. The fraction of sp³-hybridized carbons (Fsp3) is 0.300. The molecule has 5 heteroatoms. The van der Waals surface area contributed by atoms with E-state index in [-0.39, 0.29) is 12.3 Å². The Morgan fingerprint density at radius 2 is 2.07 bits per heavy atom. The van der Waals surface area contributed by atoms with E-state index in [9.17, 15) is 18.0 Å². The van der Waals surface area contributed by atoms with Gasteiger partial charge in [0, 0.05) is 13.5 Å². The lowest BCUT2D eigenvalue weighted by atomic mass is 10.2. The monoisotopic (exact) mass is 219 g/mol. The molecule has 0 spiro atoms. The quantitative estimate of drug-likeness (QED) is 0.722. The third-order valence-corrected chi connectivity index (χ3v) is 1.54. The van der Waals surface area contributed by atoms with Gasteiger partial charge in [-0.1, -0.05) is 30.9 Å². The molecule has 84 valence electrons. The first-order chi connectivity index (χ1) is 6.91. The molecule has 0 unspecified atom stereocenters. The summed E-state index contributed by atoms with van der Waals surface area (Å²) in [6, 6.07) is 0. The molecule has 0 aliphatic carbocycles. The van der Waals surface area contributed by atoms with Crippen molar-refractivity contribution < 1.29 is 18.0 Å². The minimum absolute atomic E-state index is 0.0509. The van der Waals surface area contributed by atoms with Crippen LogP contribution in [0.4, 0.5) is 13.2 Å². The van der Waals surface area contributed by atoms with Crippen LogP contribution in [0.1, 0.15) is 6.42 Å². The highest BCUT2D eigenvalue weighted by molar-refractivity contribution is 5.77. The van der Waals surface area contributed by atoms with Gasteiger partial charge in [0.05, 0.1) is 5.57 Å².